The molecule has 9 nitrogen and oxygen atoms in total. The van der Waals surface area contributed by atoms with Crippen molar-refractivity contribution in [2.45, 2.75) is 39.8 Å². The molecule has 10 heteroatoms. The number of rotatable bonds is 7. The summed E-state index contributed by atoms with van der Waals surface area (Å²) >= 11 is 1.26. The maximum absolute atomic E-state index is 13.9. The third kappa shape index (κ3) is 5.16. The van der Waals surface area contributed by atoms with Gasteiger partial charge in [-0.05, 0) is 69.2 Å². The fourth-order valence-corrected chi connectivity index (χ4v) is 5.66. The number of allylic oxidation sites excluding steroid dienone is 1. The van der Waals surface area contributed by atoms with Gasteiger partial charge in [0.05, 0.1) is 41.7 Å². The highest BCUT2D eigenvalue weighted by Gasteiger charge is 2.34. The van der Waals surface area contributed by atoms with E-state index in [0.29, 0.717) is 62.4 Å². The molecule has 0 unspecified atom stereocenters. The molecule has 0 amide bonds. The van der Waals surface area contributed by atoms with Crippen LogP contribution in [0.1, 0.15) is 44.9 Å². The molecule has 0 radical (unpaired) electrons. The number of hydrogen-bond donors (Lipinski definition) is 0. The van der Waals surface area contributed by atoms with Gasteiger partial charge in [-0.2, -0.15) is 0 Å². The Hall–Kier alpha value is -4.05. The predicted octanol–water partition coefficient (Wildman–Crippen LogP) is 3.37. The summed E-state index contributed by atoms with van der Waals surface area (Å²) in [5.74, 6) is 1.86. The molecule has 0 N–H and O–H groups in total. The van der Waals surface area contributed by atoms with Gasteiger partial charge in [-0.15, -0.1) is 0 Å². The van der Waals surface area contributed by atoms with Crippen LogP contribution in [0.15, 0.2) is 57.5 Å². The third-order valence-corrected chi connectivity index (χ3v) is 7.23. The number of benzene rings is 2. The van der Waals surface area contributed by atoms with Crippen molar-refractivity contribution in [3.8, 4) is 23.0 Å². The fraction of sp³-hybridized carbons (Fsp3) is 0.345. The van der Waals surface area contributed by atoms with E-state index in [4.69, 9.17) is 23.7 Å². The zero-order valence-electron chi connectivity index (χ0n) is 22.5. The Balaban J connectivity index is 1.67. The van der Waals surface area contributed by atoms with Gasteiger partial charge in [0.15, 0.2) is 27.8 Å². The number of carbonyl (C=O) groups excluding carboxylic acids is 1. The summed E-state index contributed by atoms with van der Waals surface area (Å²) in [6.45, 7) is 8.52. The van der Waals surface area contributed by atoms with Gasteiger partial charge in [0.25, 0.3) is 5.56 Å². The molecule has 0 saturated carbocycles. The second-order valence-electron chi connectivity index (χ2n) is 9.28. The molecule has 0 saturated heterocycles. The first-order valence-corrected chi connectivity index (χ1v) is 13.6. The lowest BCUT2D eigenvalue weighted by Gasteiger charge is -2.25. The van der Waals surface area contributed by atoms with E-state index in [1.54, 1.807) is 43.7 Å². The molecule has 3 heterocycles. The summed E-state index contributed by atoms with van der Waals surface area (Å²) in [7, 11) is 1.55. The summed E-state index contributed by atoms with van der Waals surface area (Å²) in [6, 6.07) is 10.2. The highest BCUT2D eigenvalue weighted by atomic mass is 32.1. The van der Waals surface area contributed by atoms with Crippen LogP contribution in [-0.2, 0) is 9.53 Å². The maximum Gasteiger partial charge on any atom is 0.338 e. The third-order valence-electron chi connectivity index (χ3n) is 6.25. The Bertz CT molecular complexity index is 1630. The van der Waals surface area contributed by atoms with Crippen molar-refractivity contribution in [1.29, 1.82) is 0 Å². The van der Waals surface area contributed by atoms with Crippen molar-refractivity contribution in [3.63, 3.8) is 0 Å². The average Bonchev–Trinajstić information content (AvgIpc) is 3.21. The molecular weight excluding hydrogens is 520 g/mol. The van der Waals surface area contributed by atoms with E-state index in [1.807, 2.05) is 38.1 Å². The Labute approximate surface area is 229 Å². The van der Waals surface area contributed by atoms with Crippen molar-refractivity contribution in [3.05, 3.63) is 78.5 Å². The van der Waals surface area contributed by atoms with Gasteiger partial charge < -0.3 is 23.7 Å². The fourth-order valence-electron chi connectivity index (χ4n) is 4.61. The van der Waals surface area contributed by atoms with Gasteiger partial charge in [0, 0.05) is 0 Å². The van der Waals surface area contributed by atoms with Crippen LogP contribution in [0.5, 0.6) is 23.0 Å². The first-order chi connectivity index (χ1) is 18.8. The normalized spacial score (nSPS) is 16.6. The van der Waals surface area contributed by atoms with Crippen LogP contribution in [0.25, 0.3) is 6.08 Å². The standard InChI is InChI=1S/C29H30N2O7S/c1-6-35-28(33)25-17(4)30-29-31(26(25)19-8-10-21(38-16(2)3)22(15-19)34-5)27(32)24(39-29)14-18-7-9-20-23(13-18)37-12-11-36-20/h7-10,13-16,26H,6,11-12H2,1-5H3/b24-14+/t26-/m0/s1. The Kier molecular flexibility index (Phi) is 7.47. The highest BCUT2D eigenvalue weighted by Crippen LogP contribution is 2.36. The van der Waals surface area contributed by atoms with Crippen molar-refractivity contribution < 1.29 is 28.5 Å². The van der Waals surface area contributed by atoms with Crippen LogP contribution in [0, 0.1) is 0 Å². The number of esters is 1. The summed E-state index contributed by atoms with van der Waals surface area (Å²) in [4.78, 5) is 32.2. The highest BCUT2D eigenvalue weighted by molar-refractivity contribution is 7.07. The predicted molar refractivity (Wildman–Crippen MR) is 147 cm³/mol. The number of nitrogens with zero attached hydrogens (tertiary/aromatic N) is 2. The molecule has 3 aromatic rings. The zero-order chi connectivity index (χ0) is 27.7. The van der Waals surface area contributed by atoms with E-state index in [9.17, 15) is 9.59 Å². The molecule has 39 heavy (non-hydrogen) atoms. The van der Waals surface area contributed by atoms with E-state index in [2.05, 4.69) is 4.99 Å². The average molecular weight is 551 g/mol. The molecule has 5 rings (SSSR count). The molecule has 0 fully saturated rings. The number of fused-ring (bicyclic) bond motifs is 2. The van der Waals surface area contributed by atoms with Crippen molar-refractivity contribution in [2.75, 3.05) is 26.9 Å². The molecule has 2 aliphatic rings. The molecule has 2 aromatic carbocycles. The number of hydrogen-bond acceptors (Lipinski definition) is 9. The Morgan fingerprint density at radius 3 is 2.64 bits per heavy atom. The van der Waals surface area contributed by atoms with Crippen molar-refractivity contribution in [1.82, 2.24) is 4.57 Å². The number of thiazole rings is 1. The lowest BCUT2D eigenvalue weighted by molar-refractivity contribution is -0.139. The summed E-state index contributed by atoms with van der Waals surface area (Å²) in [6.07, 6.45) is 1.74. The Morgan fingerprint density at radius 1 is 1.15 bits per heavy atom. The zero-order valence-corrected chi connectivity index (χ0v) is 23.3. The van der Waals surface area contributed by atoms with E-state index < -0.39 is 12.0 Å². The van der Waals surface area contributed by atoms with Crippen molar-refractivity contribution >= 4 is 23.4 Å². The molecule has 1 aromatic heterocycles. The van der Waals surface area contributed by atoms with Crippen LogP contribution in [0.3, 0.4) is 0 Å². The molecular formula is C29H30N2O7S. The number of carbonyl (C=O) groups is 1. The monoisotopic (exact) mass is 550 g/mol. The van der Waals surface area contributed by atoms with Crippen LogP contribution in [0.4, 0.5) is 0 Å². The van der Waals surface area contributed by atoms with E-state index >= 15 is 0 Å². The summed E-state index contributed by atoms with van der Waals surface area (Å²) < 4.78 is 30.2. The topological polar surface area (TPSA) is 97.6 Å². The van der Waals surface area contributed by atoms with Gasteiger partial charge in [-0.1, -0.05) is 23.5 Å². The largest absolute Gasteiger partial charge is 0.493 e. The molecule has 2 aliphatic heterocycles. The van der Waals surface area contributed by atoms with Gasteiger partial charge in [0.1, 0.15) is 13.2 Å². The van der Waals surface area contributed by atoms with Crippen molar-refractivity contribution in [2.24, 2.45) is 4.99 Å². The number of aromatic nitrogens is 1. The summed E-state index contributed by atoms with van der Waals surface area (Å²) in [5.41, 5.74) is 1.99. The number of methoxy groups -OCH3 is 1. The SMILES string of the molecule is CCOC(=O)C1=C(C)N=c2s/c(=C/c3ccc4c(c3)OCCO4)c(=O)n2[C@H]1c1ccc(OC(C)C)c(OC)c1. The lowest BCUT2D eigenvalue weighted by Crippen LogP contribution is -2.40. The van der Waals surface area contributed by atoms with Crippen LogP contribution < -0.4 is 33.8 Å². The minimum atomic E-state index is -0.760. The number of ether oxygens (including phenoxy) is 5. The smallest absolute Gasteiger partial charge is 0.338 e. The minimum absolute atomic E-state index is 0.0554. The molecule has 0 aliphatic carbocycles. The second-order valence-corrected chi connectivity index (χ2v) is 10.3. The first-order valence-electron chi connectivity index (χ1n) is 12.7. The summed E-state index contributed by atoms with van der Waals surface area (Å²) in [5, 5.41) is 0. The quantitative estimate of drug-likeness (QED) is 0.416. The van der Waals surface area contributed by atoms with E-state index in [0.717, 1.165) is 5.56 Å². The molecule has 0 spiro atoms. The molecule has 1 atom stereocenters. The van der Waals surface area contributed by atoms with Crippen LogP contribution in [0.2, 0.25) is 0 Å². The van der Waals surface area contributed by atoms with E-state index in [-0.39, 0.29) is 18.3 Å². The maximum atomic E-state index is 13.9. The van der Waals surface area contributed by atoms with E-state index in [1.165, 1.54) is 11.3 Å². The van der Waals surface area contributed by atoms with Crippen LogP contribution in [-0.4, -0.2) is 43.6 Å². The van der Waals surface area contributed by atoms with Gasteiger partial charge >= 0.3 is 5.97 Å². The van der Waals surface area contributed by atoms with Crippen LogP contribution >= 0.6 is 11.3 Å². The second kappa shape index (κ2) is 11.0. The lowest BCUT2D eigenvalue weighted by atomic mass is 9.95. The molecule has 0 bridgehead atoms. The molecule has 204 valence electrons. The first kappa shape index (κ1) is 26.6. The van der Waals surface area contributed by atoms with Gasteiger partial charge in [-0.3, -0.25) is 9.36 Å². The van der Waals surface area contributed by atoms with Gasteiger partial charge in [0.2, 0.25) is 0 Å². The minimum Gasteiger partial charge on any atom is -0.493 e. The Morgan fingerprint density at radius 2 is 1.92 bits per heavy atom. The van der Waals surface area contributed by atoms with Gasteiger partial charge in [-0.25, -0.2) is 9.79 Å².